The van der Waals surface area contributed by atoms with Gasteiger partial charge in [-0.1, -0.05) is 13.0 Å². The Bertz CT molecular complexity index is 1080. The van der Waals surface area contributed by atoms with Crippen LogP contribution in [-0.4, -0.2) is 40.6 Å². The molecule has 28 heavy (non-hydrogen) atoms. The Kier molecular flexibility index (Phi) is 6.55. The van der Waals surface area contributed by atoms with Crippen LogP contribution in [0.25, 0.3) is 0 Å². The van der Waals surface area contributed by atoms with Gasteiger partial charge in [0, 0.05) is 12.7 Å². The second-order valence-corrected chi connectivity index (χ2v) is 9.56. The van der Waals surface area contributed by atoms with Crippen LogP contribution >= 0.6 is 0 Å². The largest absolute Gasteiger partial charge is 0.325 e. The van der Waals surface area contributed by atoms with E-state index in [1.54, 1.807) is 6.92 Å². The number of anilines is 1. The van der Waals surface area contributed by atoms with E-state index < -0.39 is 38.3 Å². The first-order valence-corrected chi connectivity index (χ1v) is 11.1. The molecular formula is C17H20FN3O5S2. The molecule has 0 spiro atoms. The average Bonchev–Trinajstić information content (AvgIpc) is 2.61. The number of benzene rings is 2. The molecule has 0 atom stereocenters. The molecular weight excluding hydrogens is 409 g/mol. The van der Waals surface area contributed by atoms with Crippen molar-refractivity contribution in [3.63, 3.8) is 0 Å². The highest BCUT2D eigenvalue weighted by Crippen LogP contribution is 2.21. The lowest BCUT2D eigenvalue weighted by molar-refractivity contribution is -0.116. The fourth-order valence-electron chi connectivity index (χ4n) is 2.46. The zero-order valence-corrected chi connectivity index (χ0v) is 16.8. The molecule has 8 nitrogen and oxygen atoms in total. The number of carbonyl (C=O) groups excluding carboxylic acids is 1. The van der Waals surface area contributed by atoms with E-state index in [0.29, 0.717) is 12.0 Å². The molecule has 1 amide bonds. The molecule has 0 aliphatic carbocycles. The Labute approximate surface area is 163 Å². The summed E-state index contributed by atoms with van der Waals surface area (Å²) in [7, 11) is -6.77. The zero-order chi connectivity index (χ0) is 21.1. The number of sulfonamides is 2. The molecule has 3 N–H and O–H groups in total. The fourth-order valence-corrected chi connectivity index (χ4v) is 4.46. The number of rotatable bonds is 7. The number of aryl methyl sites for hydroxylation is 1. The van der Waals surface area contributed by atoms with E-state index in [4.69, 9.17) is 5.14 Å². The molecule has 0 saturated carbocycles. The number of halogens is 1. The maximum Gasteiger partial charge on any atom is 0.243 e. The minimum atomic E-state index is -4.00. The molecule has 0 unspecified atom stereocenters. The van der Waals surface area contributed by atoms with Crippen molar-refractivity contribution in [3.8, 4) is 0 Å². The van der Waals surface area contributed by atoms with Crippen LogP contribution in [0.3, 0.4) is 0 Å². The Morgan fingerprint density at radius 2 is 1.71 bits per heavy atom. The van der Waals surface area contributed by atoms with Crippen molar-refractivity contribution in [1.29, 1.82) is 0 Å². The molecule has 0 heterocycles. The van der Waals surface area contributed by atoms with Gasteiger partial charge in [0.25, 0.3) is 0 Å². The van der Waals surface area contributed by atoms with Crippen LogP contribution in [0.15, 0.2) is 52.3 Å². The number of nitrogens with one attached hydrogen (secondary N) is 1. The normalized spacial score (nSPS) is 12.2. The molecule has 2 aromatic rings. The molecule has 2 aromatic carbocycles. The summed E-state index contributed by atoms with van der Waals surface area (Å²) in [6, 6.07) is 8.45. The maximum atomic E-state index is 13.0. The predicted octanol–water partition coefficient (Wildman–Crippen LogP) is 1.29. The number of nitrogens with two attached hydrogens (primary N) is 1. The number of likely N-dealkylation sites (N-methyl/N-ethyl adjacent to an activating group) is 1. The molecule has 11 heteroatoms. The van der Waals surface area contributed by atoms with E-state index in [1.165, 1.54) is 25.2 Å². The SMILES string of the molecule is CCc1ccc(NC(=O)CN(C)S(=O)(=O)c2ccc(F)cc2)cc1S(N)(=O)=O. The third kappa shape index (κ3) is 5.13. The molecule has 0 aliphatic heterocycles. The summed E-state index contributed by atoms with van der Waals surface area (Å²) in [5.41, 5.74) is 0.662. The van der Waals surface area contributed by atoms with E-state index in [1.807, 2.05) is 0 Å². The van der Waals surface area contributed by atoms with Crippen LogP contribution in [0.2, 0.25) is 0 Å². The number of carbonyl (C=O) groups is 1. The lowest BCUT2D eigenvalue weighted by atomic mass is 10.1. The standard InChI is InChI=1S/C17H20FN3O5S2/c1-3-12-4-7-14(10-16(12)27(19,23)24)20-17(22)11-21(2)28(25,26)15-8-5-13(18)6-9-15/h4-10H,3,11H2,1-2H3,(H,20,22)(H2,19,23,24). The smallest absolute Gasteiger partial charge is 0.243 e. The molecule has 0 radical (unpaired) electrons. The highest BCUT2D eigenvalue weighted by Gasteiger charge is 2.23. The Morgan fingerprint density at radius 1 is 1.11 bits per heavy atom. The monoisotopic (exact) mass is 429 g/mol. The van der Waals surface area contributed by atoms with Gasteiger partial charge in [-0.25, -0.2) is 26.4 Å². The molecule has 0 bridgehead atoms. The van der Waals surface area contributed by atoms with Gasteiger partial charge in [-0.15, -0.1) is 0 Å². The second-order valence-electron chi connectivity index (χ2n) is 5.98. The number of nitrogens with zero attached hydrogens (tertiary/aromatic N) is 1. The van der Waals surface area contributed by atoms with Crippen LogP contribution in [0.1, 0.15) is 12.5 Å². The van der Waals surface area contributed by atoms with Gasteiger partial charge in [0.15, 0.2) is 0 Å². The molecule has 152 valence electrons. The van der Waals surface area contributed by atoms with Crippen molar-refractivity contribution >= 4 is 31.6 Å². The maximum absolute atomic E-state index is 13.0. The molecule has 0 aliphatic rings. The fraction of sp³-hybridized carbons (Fsp3) is 0.235. The first-order valence-electron chi connectivity index (χ1n) is 8.12. The van der Waals surface area contributed by atoms with Crippen LogP contribution in [0.4, 0.5) is 10.1 Å². The van der Waals surface area contributed by atoms with Crippen molar-refractivity contribution < 1.29 is 26.0 Å². The summed E-state index contributed by atoms with van der Waals surface area (Å²) in [5.74, 6) is -1.27. The second kappa shape index (κ2) is 8.35. The van der Waals surface area contributed by atoms with Crippen LogP contribution < -0.4 is 10.5 Å². The molecule has 2 rings (SSSR count). The van der Waals surface area contributed by atoms with Crippen molar-refractivity contribution in [1.82, 2.24) is 4.31 Å². The lowest BCUT2D eigenvalue weighted by Crippen LogP contribution is -2.35. The van der Waals surface area contributed by atoms with E-state index in [9.17, 15) is 26.0 Å². The Hall–Kier alpha value is -2.34. The molecule has 0 aromatic heterocycles. The van der Waals surface area contributed by atoms with E-state index in [-0.39, 0.29) is 15.5 Å². The molecule has 0 saturated heterocycles. The Morgan fingerprint density at radius 3 is 2.25 bits per heavy atom. The summed E-state index contributed by atoms with van der Waals surface area (Å²) in [6.07, 6.45) is 0.429. The first kappa shape index (κ1) is 22.0. The number of hydrogen-bond acceptors (Lipinski definition) is 5. The topological polar surface area (TPSA) is 127 Å². The highest BCUT2D eigenvalue weighted by molar-refractivity contribution is 7.89. The van der Waals surface area contributed by atoms with Gasteiger partial charge < -0.3 is 5.32 Å². The quantitative estimate of drug-likeness (QED) is 0.686. The zero-order valence-electron chi connectivity index (χ0n) is 15.2. The lowest BCUT2D eigenvalue weighted by Gasteiger charge is -2.17. The van der Waals surface area contributed by atoms with Crippen LogP contribution in [-0.2, 0) is 31.3 Å². The van der Waals surface area contributed by atoms with E-state index in [2.05, 4.69) is 5.32 Å². The summed E-state index contributed by atoms with van der Waals surface area (Å²) in [6.45, 7) is 1.23. The average molecular weight is 429 g/mol. The van der Waals surface area contributed by atoms with Gasteiger partial charge in [-0.2, -0.15) is 4.31 Å². The van der Waals surface area contributed by atoms with Gasteiger partial charge >= 0.3 is 0 Å². The van der Waals surface area contributed by atoms with Crippen molar-refractivity contribution in [3.05, 3.63) is 53.8 Å². The van der Waals surface area contributed by atoms with Crippen molar-refractivity contribution in [2.75, 3.05) is 18.9 Å². The highest BCUT2D eigenvalue weighted by atomic mass is 32.2. The first-order chi connectivity index (χ1) is 12.9. The van der Waals surface area contributed by atoms with Gasteiger partial charge in [-0.3, -0.25) is 4.79 Å². The van der Waals surface area contributed by atoms with Gasteiger partial charge in [0.1, 0.15) is 5.82 Å². The van der Waals surface area contributed by atoms with Crippen molar-refractivity contribution in [2.45, 2.75) is 23.1 Å². The summed E-state index contributed by atoms with van der Waals surface area (Å²) in [4.78, 5) is 11.9. The number of amides is 1. The van der Waals surface area contributed by atoms with Crippen LogP contribution in [0.5, 0.6) is 0 Å². The summed E-state index contributed by atoms with van der Waals surface area (Å²) >= 11 is 0. The van der Waals surface area contributed by atoms with Crippen molar-refractivity contribution in [2.24, 2.45) is 5.14 Å². The minimum absolute atomic E-state index is 0.111. The van der Waals surface area contributed by atoms with Crippen LogP contribution in [0, 0.1) is 5.82 Å². The van der Waals surface area contributed by atoms with Gasteiger partial charge in [0.05, 0.1) is 16.3 Å². The van der Waals surface area contributed by atoms with Gasteiger partial charge in [0.2, 0.25) is 26.0 Å². The third-order valence-electron chi connectivity index (χ3n) is 3.93. The predicted molar refractivity (Wildman–Crippen MR) is 102 cm³/mol. The Balaban J connectivity index is 2.16. The minimum Gasteiger partial charge on any atom is -0.325 e. The van der Waals surface area contributed by atoms with E-state index in [0.717, 1.165) is 28.6 Å². The summed E-state index contributed by atoms with van der Waals surface area (Å²) < 4.78 is 62.0. The molecule has 0 fully saturated rings. The third-order valence-corrected chi connectivity index (χ3v) is 6.74. The summed E-state index contributed by atoms with van der Waals surface area (Å²) in [5, 5.41) is 7.64. The number of primary sulfonamides is 1. The number of hydrogen-bond donors (Lipinski definition) is 2. The van der Waals surface area contributed by atoms with E-state index >= 15 is 0 Å². The van der Waals surface area contributed by atoms with Gasteiger partial charge in [-0.05, 0) is 48.4 Å².